The SMILES string of the molecule is C#CCNCC(=O)N(C)C1CCCCCC1. The van der Waals surface area contributed by atoms with Crippen LogP contribution in [0.4, 0.5) is 0 Å². The Kier molecular flexibility index (Phi) is 5.95. The lowest BCUT2D eigenvalue weighted by atomic mass is 10.1. The number of likely N-dealkylation sites (N-methyl/N-ethyl adjacent to an activating group) is 1. The molecule has 0 aliphatic heterocycles. The van der Waals surface area contributed by atoms with Crippen LogP contribution in [0.5, 0.6) is 0 Å². The van der Waals surface area contributed by atoms with Gasteiger partial charge >= 0.3 is 0 Å². The largest absolute Gasteiger partial charge is 0.342 e. The van der Waals surface area contributed by atoms with E-state index in [1.165, 1.54) is 25.7 Å². The van der Waals surface area contributed by atoms with Gasteiger partial charge in [-0.2, -0.15) is 0 Å². The van der Waals surface area contributed by atoms with Gasteiger partial charge in [0.25, 0.3) is 0 Å². The number of carbonyl (C=O) groups is 1. The summed E-state index contributed by atoms with van der Waals surface area (Å²) in [6.45, 7) is 0.821. The van der Waals surface area contributed by atoms with Crippen LogP contribution in [-0.4, -0.2) is 37.0 Å². The zero-order valence-corrected chi connectivity index (χ0v) is 10.2. The molecule has 0 atom stereocenters. The first-order chi connectivity index (χ1) is 7.75. The lowest BCUT2D eigenvalue weighted by Gasteiger charge is -2.27. The standard InChI is InChI=1S/C13H22N2O/c1-3-10-14-11-13(16)15(2)12-8-6-4-5-7-9-12/h1,12,14H,4-11H2,2H3. The van der Waals surface area contributed by atoms with Gasteiger partial charge < -0.3 is 4.90 Å². The molecule has 0 saturated heterocycles. The summed E-state index contributed by atoms with van der Waals surface area (Å²) in [6, 6.07) is 0.433. The van der Waals surface area contributed by atoms with Crippen molar-refractivity contribution in [2.45, 2.75) is 44.6 Å². The Morgan fingerprint density at radius 2 is 2.00 bits per heavy atom. The Bertz CT molecular complexity index is 249. The van der Waals surface area contributed by atoms with Gasteiger partial charge in [0.2, 0.25) is 5.91 Å². The predicted molar refractivity (Wildman–Crippen MR) is 66.0 cm³/mol. The van der Waals surface area contributed by atoms with Gasteiger partial charge in [0, 0.05) is 13.1 Å². The van der Waals surface area contributed by atoms with Crippen molar-refractivity contribution in [1.29, 1.82) is 0 Å². The molecule has 16 heavy (non-hydrogen) atoms. The smallest absolute Gasteiger partial charge is 0.236 e. The molecular formula is C13H22N2O. The Labute approximate surface area is 98.6 Å². The van der Waals surface area contributed by atoms with Crippen LogP contribution in [0.3, 0.4) is 0 Å². The Morgan fingerprint density at radius 1 is 1.38 bits per heavy atom. The topological polar surface area (TPSA) is 32.3 Å². The number of nitrogens with one attached hydrogen (secondary N) is 1. The quantitative estimate of drug-likeness (QED) is 0.443. The van der Waals surface area contributed by atoms with E-state index in [0.717, 1.165) is 12.8 Å². The van der Waals surface area contributed by atoms with E-state index in [1.54, 1.807) is 0 Å². The third-order valence-electron chi connectivity index (χ3n) is 3.27. The van der Waals surface area contributed by atoms with E-state index in [1.807, 2.05) is 11.9 Å². The van der Waals surface area contributed by atoms with Crippen LogP contribution < -0.4 is 5.32 Å². The number of carbonyl (C=O) groups excluding carboxylic acids is 1. The van der Waals surface area contributed by atoms with Gasteiger partial charge in [0.15, 0.2) is 0 Å². The third kappa shape index (κ3) is 4.24. The van der Waals surface area contributed by atoms with Crippen LogP contribution in [0.1, 0.15) is 38.5 Å². The van der Waals surface area contributed by atoms with Gasteiger partial charge in [0.05, 0.1) is 13.1 Å². The minimum Gasteiger partial charge on any atom is -0.342 e. The van der Waals surface area contributed by atoms with E-state index >= 15 is 0 Å². The van der Waals surface area contributed by atoms with Crippen LogP contribution in [-0.2, 0) is 4.79 Å². The summed E-state index contributed by atoms with van der Waals surface area (Å²) in [7, 11) is 1.91. The predicted octanol–water partition coefficient (Wildman–Crippen LogP) is 1.39. The van der Waals surface area contributed by atoms with E-state index in [-0.39, 0.29) is 5.91 Å². The molecule has 0 radical (unpaired) electrons. The van der Waals surface area contributed by atoms with Crippen molar-refractivity contribution < 1.29 is 4.79 Å². The highest BCUT2D eigenvalue weighted by atomic mass is 16.2. The maximum atomic E-state index is 11.8. The normalized spacial score (nSPS) is 17.5. The third-order valence-corrected chi connectivity index (χ3v) is 3.27. The summed E-state index contributed by atoms with van der Waals surface area (Å²) in [4.78, 5) is 13.7. The van der Waals surface area contributed by atoms with E-state index in [0.29, 0.717) is 19.1 Å². The van der Waals surface area contributed by atoms with Gasteiger partial charge in [-0.15, -0.1) is 6.42 Å². The molecule has 3 nitrogen and oxygen atoms in total. The molecule has 90 valence electrons. The number of hydrogen-bond acceptors (Lipinski definition) is 2. The number of rotatable bonds is 4. The second-order valence-corrected chi connectivity index (χ2v) is 4.46. The molecular weight excluding hydrogens is 200 g/mol. The summed E-state index contributed by atoms with van der Waals surface area (Å²) in [6.07, 6.45) is 12.5. The van der Waals surface area contributed by atoms with Crippen LogP contribution in [0.2, 0.25) is 0 Å². The van der Waals surface area contributed by atoms with Crippen molar-refractivity contribution >= 4 is 5.91 Å². The van der Waals surface area contributed by atoms with Crippen LogP contribution in [0.15, 0.2) is 0 Å². The van der Waals surface area contributed by atoms with Gasteiger partial charge in [-0.3, -0.25) is 10.1 Å². The minimum atomic E-state index is 0.155. The molecule has 0 heterocycles. The molecule has 1 amide bonds. The molecule has 0 aromatic heterocycles. The summed E-state index contributed by atoms with van der Waals surface area (Å²) >= 11 is 0. The highest BCUT2D eigenvalue weighted by Gasteiger charge is 2.20. The van der Waals surface area contributed by atoms with Crippen molar-refractivity contribution in [1.82, 2.24) is 10.2 Å². The fraction of sp³-hybridized carbons (Fsp3) is 0.769. The van der Waals surface area contributed by atoms with Gasteiger partial charge in [-0.05, 0) is 12.8 Å². The Balaban J connectivity index is 2.33. The number of terminal acetylenes is 1. The molecule has 0 aromatic carbocycles. The second-order valence-electron chi connectivity index (χ2n) is 4.46. The molecule has 1 aliphatic rings. The maximum Gasteiger partial charge on any atom is 0.236 e. The first-order valence-corrected chi connectivity index (χ1v) is 6.15. The van der Waals surface area contributed by atoms with Crippen LogP contribution >= 0.6 is 0 Å². The van der Waals surface area contributed by atoms with E-state index < -0.39 is 0 Å². The van der Waals surface area contributed by atoms with Crippen molar-refractivity contribution in [3.63, 3.8) is 0 Å². The highest BCUT2D eigenvalue weighted by molar-refractivity contribution is 5.78. The summed E-state index contributed by atoms with van der Waals surface area (Å²) in [5.74, 6) is 2.62. The molecule has 0 aromatic rings. The van der Waals surface area contributed by atoms with E-state index in [4.69, 9.17) is 6.42 Å². The van der Waals surface area contributed by atoms with Gasteiger partial charge in [-0.25, -0.2) is 0 Å². The monoisotopic (exact) mass is 222 g/mol. The Hall–Kier alpha value is -1.01. The van der Waals surface area contributed by atoms with Crippen molar-refractivity contribution in [2.75, 3.05) is 20.1 Å². The van der Waals surface area contributed by atoms with Crippen molar-refractivity contribution in [3.05, 3.63) is 0 Å². The average molecular weight is 222 g/mol. The zero-order valence-electron chi connectivity index (χ0n) is 10.2. The molecule has 1 N–H and O–H groups in total. The summed E-state index contributed by atoms with van der Waals surface area (Å²) < 4.78 is 0. The van der Waals surface area contributed by atoms with E-state index in [9.17, 15) is 4.79 Å². The fourth-order valence-electron chi connectivity index (χ4n) is 2.22. The lowest BCUT2D eigenvalue weighted by Crippen LogP contribution is -2.41. The van der Waals surface area contributed by atoms with Crippen LogP contribution in [0, 0.1) is 12.3 Å². The first-order valence-electron chi connectivity index (χ1n) is 6.15. The number of nitrogens with zero attached hydrogens (tertiary/aromatic N) is 1. The van der Waals surface area contributed by atoms with Crippen molar-refractivity contribution in [2.24, 2.45) is 0 Å². The minimum absolute atomic E-state index is 0.155. The molecule has 0 bridgehead atoms. The second kappa shape index (κ2) is 7.29. The maximum absolute atomic E-state index is 11.8. The van der Waals surface area contributed by atoms with Crippen LogP contribution in [0.25, 0.3) is 0 Å². The molecule has 0 spiro atoms. The van der Waals surface area contributed by atoms with Crippen molar-refractivity contribution in [3.8, 4) is 12.3 Å². The molecule has 0 unspecified atom stereocenters. The molecule has 1 aliphatic carbocycles. The molecule has 1 rings (SSSR count). The summed E-state index contributed by atoms with van der Waals surface area (Å²) in [5.41, 5.74) is 0. The highest BCUT2D eigenvalue weighted by Crippen LogP contribution is 2.20. The number of amides is 1. The fourth-order valence-corrected chi connectivity index (χ4v) is 2.22. The summed E-state index contributed by atoms with van der Waals surface area (Å²) in [5, 5.41) is 2.94. The molecule has 1 saturated carbocycles. The average Bonchev–Trinajstić information content (AvgIpc) is 2.56. The van der Waals surface area contributed by atoms with E-state index in [2.05, 4.69) is 11.2 Å². The first kappa shape index (κ1) is 13.1. The number of hydrogen-bond donors (Lipinski definition) is 1. The molecule has 1 fully saturated rings. The van der Waals surface area contributed by atoms with Gasteiger partial charge in [0.1, 0.15) is 0 Å². The van der Waals surface area contributed by atoms with Gasteiger partial charge in [-0.1, -0.05) is 31.6 Å². The molecule has 3 heteroatoms. The lowest BCUT2D eigenvalue weighted by molar-refractivity contribution is -0.131. The zero-order chi connectivity index (χ0) is 11.8. The Morgan fingerprint density at radius 3 is 2.56 bits per heavy atom.